The van der Waals surface area contributed by atoms with Crippen molar-refractivity contribution in [3.05, 3.63) is 58.5 Å². The molecule has 0 atom stereocenters. The van der Waals surface area contributed by atoms with Crippen molar-refractivity contribution in [1.29, 1.82) is 0 Å². The molecule has 0 aliphatic heterocycles. The number of ether oxygens (including phenoxy) is 1. The zero-order valence-electron chi connectivity index (χ0n) is 11.5. The lowest BCUT2D eigenvalue weighted by molar-refractivity contribution is 0.185. The summed E-state index contributed by atoms with van der Waals surface area (Å²) in [5.41, 5.74) is 1.79. The second kappa shape index (κ2) is 7.85. The highest BCUT2D eigenvalue weighted by Gasteiger charge is 2.02. The minimum Gasteiger partial charge on any atom is -0.380 e. The van der Waals surface area contributed by atoms with E-state index in [2.05, 4.69) is 9.69 Å². The Kier molecular flexibility index (Phi) is 6.15. The van der Waals surface area contributed by atoms with Crippen molar-refractivity contribution >= 4 is 23.2 Å². The molecule has 0 amide bonds. The molecule has 2 heterocycles. The molecule has 2 aromatic rings. The van der Waals surface area contributed by atoms with Gasteiger partial charge in [0.2, 0.25) is 0 Å². The Balaban J connectivity index is 0.000000211. The van der Waals surface area contributed by atoms with Gasteiger partial charge in [-0.25, -0.2) is 9.35 Å². The summed E-state index contributed by atoms with van der Waals surface area (Å²) in [5.74, 6) is 12.0. The van der Waals surface area contributed by atoms with Gasteiger partial charge in [0.15, 0.2) is 0 Å². The molecular weight excluding hydrogens is 292 g/mol. The molecule has 4 N–H and O–H groups in total. The third-order valence-electron chi connectivity index (χ3n) is 2.46. The first-order valence-corrected chi connectivity index (χ1v) is 6.31. The minimum absolute atomic E-state index is 0.396. The minimum atomic E-state index is 0.396. The van der Waals surface area contributed by atoms with Gasteiger partial charge in [-0.2, -0.15) is 0 Å². The molecule has 2 aromatic heterocycles. The number of aromatic nitrogens is 2. The van der Waals surface area contributed by atoms with Crippen LogP contribution in [-0.2, 0) is 17.2 Å². The first-order chi connectivity index (χ1) is 10.0. The smallest absolute Gasteiger partial charge is 0.253 e. The first kappa shape index (κ1) is 16.4. The zero-order valence-corrected chi connectivity index (χ0v) is 12.2. The number of hydrogen-bond donors (Lipinski definition) is 2. The highest BCUT2D eigenvalue weighted by molar-refractivity contribution is 6.17. The highest BCUT2D eigenvalue weighted by Crippen LogP contribution is 2.15. The lowest BCUT2D eigenvalue weighted by atomic mass is 10.4. The molecule has 8 heteroatoms. The van der Waals surface area contributed by atoms with Crippen molar-refractivity contribution in [2.45, 2.75) is 12.5 Å². The molecule has 0 spiro atoms. The lowest BCUT2D eigenvalue weighted by Crippen LogP contribution is -2.04. The van der Waals surface area contributed by atoms with Crippen molar-refractivity contribution in [1.82, 2.24) is 9.35 Å². The number of rotatable bonds is 3. The van der Waals surface area contributed by atoms with Crippen LogP contribution in [0.25, 0.3) is 9.69 Å². The Morgan fingerprint density at radius 3 is 1.90 bits per heavy atom. The average molecular weight is 307 g/mol. The van der Waals surface area contributed by atoms with Gasteiger partial charge in [0.1, 0.15) is 12.4 Å². The fourth-order valence-electron chi connectivity index (χ4n) is 1.54. The highest BCUT2D eigenvalue weighted by atomic mass is 35.5. The number of alkyl halides is 1. The Morgan fingerprint density at radius 1 is 1.10 bits per heavy atom. The van der Waals surface area contributed by atoms with Crippen LogP contribution in [0.3, 0.4) is 0 Å². The maximum absolute atomic E-state index is 6.71. The molecule has 21 heavy (non-hydrogen) atoms. The molecule has 7 nitrogen and oxygen atoms in total. The third-order valence-corrected chi connectivity index (χ3v) is 2.77. The van der Waals surface area contributed by atoms with Gasteiger partial charge in [0, 0.05) is 18.6 Å². The number of hydrogen-bond acceptors (Lipinski definition) is 3. The van der Waals surface area contributed by atoms with Crippen LogP contribution < -0.4 is 11.7 Å². The van der Waals surface area contributed by atoms with Gasteiger partial charge < -0.3 is 14.4 Å². The molecule has 110 valence electrons. The van der Waals surface area contributed by atoms with E-state index in [0.717, 1.165) is 11.1 Å². The van der Waals surface area contributed by atoms with Crippen LogP contribution in [0.2, 0.25) is 0 Å². The predicted molar refractivity (Wildman–Crippen MR) is 82.0 cm³/mol. The topological polar surface area (TPSA) is 79.9 Å². The van der Waals surface area contributed by atoms with E-state index in [4.69, 9.17) is 41.2 Å². The van der Waals surface area contributed by atoms with Crippen molar-refractivity contribution in [2.75, 3.05) is 18.8 Å². The van der Waals surface area contributed by atoms with Gasteiger partial charge in [-0.3, -0.25) is 11.7 Å². The van der Waals surface area contributed by atoms with Gasteiger partial charge in [0.25, 0.3) is 11.6 Å². The summed E-state index contributed by atoms with van der Waals surface area (Å²) < 4.78 is 7.43. The Labute approximate surface area is 127 Å². The van der Waals surface area contributed by atoms with Gasteiger partial charge in [-0.15, -0.1) is 11.6 Å². The summed E-state index contributed by atoms with van der Waals surface area (Å²) in [6.45, 7) is 13.9. The van der Waals surface area contributed by atoms with Gasteiger partial charge >= 0.3 is 0 Å². The molecule has 0 aromatic carbocycles. The Hall–Kier alpha value is -2.61. The summed E-state index contributed by atoms with van der Waals surface area (Å²) in [5, 5.41) is 0. The number of nitrogens with two attached hydrogens (primary N) is 2. The van der Waals surface area contributed by atoms with Crippen molar-refractivity contribution in [3.63, 3.8) is 0 Å². The number of methoxy groups -OCH3 is 1. The number of nitrogens with zero attached hydrogens (tertiary/aromatic N) is 4. The maximum Gasteiger partial charge on any atom is 0.253 e. The largest absolute Gasteiger partial charge is 0.380 e. The molecule has 0 unspecified atom stereocenters. The molecule has 0 saturated carbocycles. The third kappa shape index (κ3) is 4.46. The SMILES string of the molecule is [C-]#[N+]c1cc(CCl)cn1N.[C-]#[N+]c1cc(COC)cn1N. The predicted octanol–water partition coefficient (Wildman–Crippen LogP) is 2.39. The van der Waals surface area contributed by atoms with E-state index in [0.29, 0.717) is 24.1 Å². The molecule has 0 fully saturated rings. The second-order valence-electron chi connectivity index (χ2n) is 4.02. The van der Waals surface area contributed by atoms with Crippen LogP contribution in [0.1, 0.15) is 11.1 Å². The normalized spacial score (nSPS) is 9.33. The molecule has 0 aliphatic carbocycles. The van der Waals surface area contributed by atoms with Gasteiger partial charge in [-0.05, 0) is 17.7 Å². The zero-order chi connectivity index (χ0) is 15.8. The first-order valence-electron chi connectivity index (χ1n) is 5.78. The van der Waals surface area contributed by atoms with Crippen molar-refractivity contribution in [3.8, 4) is 0 Å². The fourth-order valence-corrected chi connectivity index (χ4v) is 1.69. The van der Waals surface area contributed by atoms with Gasteiger partial charge in [0.05, 0.1) is 6.61 Å². The van der Waals surface area contributed by atoms with E-state index in [9.17, 15) is 0 Å². The Bertz CT molecular complexity index is 676. The summed E-state index contributed by atoms with van der Waals surface area (Å²) in [6.07, 6.45) is 3.32. The number of halogens is 1. The van der Waals surface area contributed by atoms with Crippen LogP contribution in [-0.4, -0.2) is 16.5 Å². The van der Waals surface area contributed by atoms with Crippen LogP contribution in [0.5, 0.6) is 0 Å². The standard InChI is InChI=1S/C7H9N3O.C6H6ClN3/c1-9-7-3-6(5-11-2)4-10(7)8;1-9-6-2-5(3-7)4-10(6)8/h3-4H,5,8H2,2H3;2,4H,3,8H2. The van der Waals surface area contributed by atoms with Crippen LogP contribution >= 0.6 is 11.6 Å². The van der Waals surface area contributed by atoms with E-state index in [1.807, 2.05) is 0 Å². The molecule has 0 aliphatic rings. The monoisotopic (exact) mass is 306 g/mol. The van der Waals surface area contributed by atoms with Crippen LogP contribution in [0.15, 0.2) is 24.5 Å². The van der Waals surface area contributed by atoms with Crippen molar-refractivity contribution in [2.24, 2.45) is 0 Å². The summed E-state index contributed by atoms with van der Waals surface area (Å²) in [4.78, 5) is 6.37. The van der Waals surface area contributed by atoms with Crippen LogP contribution in [0.4, 0.5) is 11.6 Å². The summed E-state index contributed by atoms with van der Waals surface area (Å²) >= 11 is 5.50. The van der Waals surface area contributed by atoms with Gasteiger partial charge in [-0.1, -0.05) is 13.1 Å². The Morgan fingerprint density at radius 2 is 1.57 bits per heavy atom. The molecule has 0 saturated heterocycles. The van der Waals surface area contributed by atoms with E-state index < -0.39 is 0 Å². The number of nitrogen functional groups attached to an aromatic ring is 2. The average Bonchev–Trinajstić information content (AvgIpc) is 3.02. The van der Waals surface area contributed by atoms with E-state index >= 15 is 0 Å². The fraction of sp³-hybridized carbons (Fsp3) is 0.231. The van der Waals surface area contributed by atoms with Crippen LogP contribution in [0, 0.1) is 13.1 Å². The molecule has 0 bridgehead atoms. The maximum atomic E-state index is 6.71. The summed E-state index contributed by atoms with van der Waals surface area (Å²) in [6, 6.07) is 3.37. The second-order valence-corrected chi connectivity index (χ2v) is 4.29. The van der Waals surface area contributed by atoms with Crippen molar-refractivity contribution < 1.29 is 4.74 Å². The molecular formula is C13H15ClN6O. The quantitative estimate of drug-likeness (QED) is 0.519. The van der Waals surface area contributed by atoms with E-state index in [-0.39, 0.29) is 0 Å². The van der Waals surface area contributed by atoms with E-state index in [1.54, 1.807) is 31.6 Å². The molecule has 2 rings (SSSR count). The van der Waals surface area contributed by atoms with E-state index in [1.165, 1.54) is 9.35 Å². The summed E-state index contributed by atoms with van der Waals surface area (Å²) in [7, 11) is 1.60. The molecule has 0 radical (unpaired) electrons. The lowest BCUT2D eigenvalue weighted by Gasteiger charge is -1.89.